The lowest BCUT2D eigenvalue weighted by Gasteiger charge is -2.39. The number of hydrogen-bond acceptors (Lipinski definition) is 3. The second-order valence-electron chi connectivity index (χ2n) is 11.9. The molecular weight excluding hydrogens is 542 g/mol. The van der Waals surface area contributed by atoms with E-state index in [9.17, 15) is 9.59 Å². The molecule has 0 unspecified atom stereocenters. The maximum Gasteiger partial charge on any atom is 0.239 e. The van der Waals surface area contributed by atoms with Crippen LogP contribution in [0.2, 0.25) is 0 Å². The van der Waals surface area contributed by atoms with Gasteiger partial charge < -0.3 is 0 Å². The smallest absolute Gasteiger partial charge is 0.239 e. The zero-order chi connectivity index (χ0) is 30.1. The van der Waals surface area contributed by atoms with Crippen LogP contribution in [0.3, 0.4) is 0 Å². The number of Topliss-reactive ketones (excluding diaryl/α,β-unsaturated/α-hetero) is 1. The molecule has 0 N–H and O–H groups in total. The molecule has 2 amide bonds. The third-order valence-electron chi connectivity index (χ3n) is 9.93. The molecule has 3 aliphatic rings. The van der Waals surface area contributed by atoms with Gasteiger partial charge in [0.05, 0.1) is 28.4 Å². The van der Waals surface area contributed by atoms with Crippen LogP contribution in [0.1, 0.15) is 27.8 Å². The molecular formula is C40H29NO3. The third kappa shape index (κ3) is 3.15. The fourth-order valence-corrected chi connectivity index (χ4v) is 8.39. The predicted octanol–water partition coefficient (Wildman–Crippen LogP) is 7.18. The number of imide groups is 1. The summed E-state index contributed by atoms with van der Waals surface area (Å²) in [6, 6.07) is 46.6. The van der Waals surface area contributed by atoms with Crippen LogP contribution in [0.15, 0.2) is 146 Å². The first kappa shape index (κ1) is 26.3. The van der Waals surface area contributed by atoms with E-state index in [4.69, 9.17) is 0 Å². The molecule has 44 heavy (non-hydrogen) atoms. The molecule has 1 saturated heterocycles. The lowest BCUT2D eigenvalue weighted by atomic mass is 9.59. The fraction of sp³-hybridized carbons (Fsp3) is 0.125. The van der Waals surface area contributed by atoms with E-state index >= 15 is 4.79 Å². The Morgan fingerprint density at radius 1 is 0.477 bits per heavy atom. The van der Waals surface area contributed by atoms with E-state index in [2.05, 4.69) is 0 Å². The summed E-state index contributed by atoms with van der Waals surface area (Å²) in [6.07, 6.45) is 0. The van der Waals surface area contributed by atoms with Gasteiger partial charge in [0.1, 0.15) is 0 Å². The quantitative estimate of drug-likeness (QED) is 0.210. The Kier molecular flexibility index (Phi) is 5.73. The van der Waals surface area contributed by atoms with Gasteiger partial charge >= 0.3 is 0 Å². The second-order valence-corrected chi connectivity index (χ2v) is 11.9. The Labute approximate surface area is 256 Å². The SMILES string of the molecule is Cc1ccccc1N1C(=O)[C@@H]2[C@H](C1=O)[C@@]1(c3ccccc3)C(=O)[C@@]2(c2ccccc2)C(c2ccccc2)=C1c1ccccc1. The van der Waals surface area contributed by atoms with Crippen molar-refractivity contribution in [2.75, 3.05) is 4.90 Å². The molecule has 212 valence electrons. The van der Waals surface area contributed by atoms with E-state index in [1.54, 1.807) is 0 Å². The van der Waals surface area contributed by atoms with Crippen molar-refractivity contribution in [1.29, 1.82) is 0 Å². The average molecular weight is 572 g/mol. The summed E-state index contributed by atoms with van der Waals surface area (Å²) in [6.45, 7) is 1.91. The maximum atomic E-state index is 15.8. The summed E-state index contributed by atoms with van der Waals surface area (Å²) >= 11 is 0. The molecule has 0 spiro atoms. The Bertz CT molecular complexity index is 1860. The number of anilines is 1. The van der Waals surface area contributed by atoms with Gasteiger partial charge in [-0.2, -0.15) is 0 Å². The number of carbonyl (C=O) groups is 3. The summed E-state index contributed by atoms with van der Waals surface area (Å²) in [5.74, 6) is -2.62. The van der Waals surface area contributed by atoms with Crippen molar-refractivity contribution in [1.82, 2.24) is 0 Å². The number of rotatable bonds is 5. The van der Waals surface area contributed by atoms with E-state index in [0.717, 1.165) is 39.0 Å². The zero-order valence-electron chi connectivity index (χ0n) is 24.2. The standard InChI is InChI=1S/C40H29NO3/c1-26-16-14-15-25-31(26)41-36(42)34-35(37(41)43)40(30-23-12-5-13-24-30)33(28-19-8-3-9-20-28)32(27-17-6-2-7-18-27)39(34,38(40)44)29-21-10-4-11-22-29/h2-25,34-35H,1H3/t34-,35+,39-,40-/m0/s1. The van der Waals surface area contributed by atoms with Crippen LogP contribution in [0.4, 0.5) is 5.69 Å². The van der Waals surface area contributed by atoms with E-state index in [1.165, 1.54) is 4.90 Å². The Morgan fingerprint density at radius 2 is 0.841 bits per heavy atom. The lowest BCUT2D eigenvalue weighted by Crippen LogP contribution is -2.45. The molecule has 2 aliphatic carbocycles. The van der Waals surface area contributed by atoms with Gasteiger partial charge in [-0.1, -0.05) is 140 Å². The highest BCUT2D eigenvalue weighted by Gasteiger charge is 2.82. The minimum absolute atomic E-state index is 0.110. The van der Waals surface area contributed by atoms with Crippen molar-refractivity contribution >= 4 is 34.4 Å². The summed E-state index contributed by atoms with van der Waals surface area (Å²) < 4.78 is 0. The van der Waals surface area contributed by atoms with Gasteiger partial charge in [0.25, 0.3) is 0 Å². The van der Waals surface area contributed by atoms with Gasteiger partial charge in [-0.25, -0.2) is 4.90 Å². The highest BCUT2D eigenvalue weighted by molar-refractivity contribution is 6.39. The number of carbonyl (C=O) groups excluding carboxylic acids is 3. The van der Waals surface area contributed by atoms with Crippen molar-refractivity contribution in [2.45, 2.75) is 17.8 Å². The number of para-hydroxylation sites is 1. The van der Waals surface area contributed by atoms with E-state index in [1.807, 2.05) is 153 Å². The molecule has 8 rings (SSSR count). The van der Waals surface area contributed by atoms with E-state index in [0.29, 0.717) is 5.69 Å². The topological polar surface area (TPSA) is 54.5 Å². The molecule has 4 atom stereocenters. The van der Waals surface area contributed by atoms with Gasteiger partial charge in [0, 0.05) is 0 Å². The number of ketones is 1. The van der Waals surface area contributed by atoms with Crippen LogP contribution < -0.4 is 4.90 Å². The number of hydrogen-bond donors (Lipinski definition) is 0. The molecule has 2 fully saturated rings. The molecule has 4 heteroatoms. The third-order valence-corrected chi connectivity index (χ3v) is 9.93. The van der Waals surface area contributed by atoms with Gasteiger partial charge in [-0.3, -0.25) is 14.4 Å². The van der Waals surface area contributed by atoms with Crippen LogP contribution in [0.5, 0.6) is 0 Å². The first-order valence-corrected chi connectivity index (χ1v) is 15.0. The lowest BCUT2D eigenvalue weighted by molar-refractivity contribution is -0.130. The largest absolute Gasteiger partial charge is 0.297 e. The van der Waals surface area contributed by atoms with Crippen molar-refractivity contribution in [3.8, 4) is 0 Å². The summed E-state index contributed by atoms with van der Waals surface area (Å²) in [5.41, 5.74) is 3.43. The molecule has 1 aliphatic heterocycles. The Balaban J connectivity index is 1.57. The molecule has 0 radical (unpaired) electrons. The van der Waals surface area contributed by atoms with Crippen LogP contribution in [0, 0.1) is 18.8 Å². The Morgan fingerprint density at radius 3 is 1.25 bits per heavy atom. The van der Waals surface area contributed by atoms with E-state index < -0.39 is 22.7 Å². The average Bonchev–Trinajstić information content (AvgIpc) is 3.59. The highest BCUT2D eigenvalue weighted by Crippen LogP contribution is 2.74. The Hall–Kier alpha value is -5.35. The molecule has 2 bridgehead atoms. The second kappa shape index (κ2) is 9.58. The van der Waals surface area contributed by atoms with Crippen LogP contribution >= 0.6 is 0 Å². The van der Waals surface area contributed by atoms with Gasteiger partial charge in [0.2, 0.25) is 11.8 Å². The summed E-state index contributed by atoms with van der Waals surface area (Å²) in [7, 11) is 0. The molecule has 5 aromatic rings. The molecule has 0 aromatic heterocycles. The monoisotopic (exact) mass is 571 g/mol. The van der Waals surface area contributed by atoms with Crippen molar-refractivity contribution in [2.24, 2.45) is 11.8 Å². The molecule has 5 aromatic carbocycles. The number of nitrogens with zero attached hydrogens (tertiary/aromatic N) is 1. The maximum absolute atomic E-state index is 15.8. The molecule has 1 saturated carbocycles. The minimum Gasteiger partial charge on any atom is -0.297 e. The van der Waals surface area contributed by atoms with Crippen LogP contribution in [-0.4, -0.2) is 17.6 Å². The summed E-state index contributed by atoms with van der Waals surface area (Å²) in [5, 5.41) is 0. The summed E-state index contributed by atoms with van der Waals surface area (Å²) in [4.78, 5) is 47.2. The predicted molar refractivity (Wildman–Crippen MR) is 172 cm³/mol. The van der Waals surface area contributed by atoms with Crippen LogP contribution in [0.25, 0.3) is 11.1 Å². The normalized spacial score (nSPS) is 25.6. The first-order chi connectivity index (χ1) is 21.5. The van der Waals surface area contributed by atoms with Crippen molar-refractivity contribution in [3.05, 3.63) is 173 Å². The van der Waals surface area contributed by atoms with Crippen LogP contribution in [-0.2, 0) is 25.2 Å². The molecule has 4 nitrogen and oxygen atoms in total. The van der Waals surface area contributed by atoms with Crippen molar-refractivity contribution < 1.29 is 14.4 Å². The number of aryl methyl sites for hydroxylation is 1. The number of amides is 2. The van der Waals surface area contributed by atoms with Gasteiger partial charge in [-0.15, -0.1) is 0 Å². The number of fused-ring (bicyclic) bond motifs is 5. The molecule has 1 heterocycles. The zero-order valence-corrected chi connectivity index (χ0v) is 24.2. The minimum atomic E-state index is -1.39. The van der Waals surface area contributed by atoms with E-state index in [-0.39, 0.29) is 17.6 Å². The van der Waals surface area contributed by atoms with Gasteiger partial charge in [-0.05, 0) is 52.0 Å². The highest BCUT2D eigenvalue weighted by atomic mass is 16.2. The first-order valence-electron chi connectivity index (χ1n) is 15.0. The number of allylic oxidation sites excluding steroid dienone is 2. The van der Waals surface area contributed by atoms with Crippen molar-refractivity contribution in [3.63, 3.8) is 0 Å². The van der Waals surface area contributed by atoms with Gasteiger partial charge in [0.15, 0.2) is 5.78 Å². The number of benzene rings is 5. The fourth-order valence-electron chi connectivity index (χ4n) is 8.39.